The molecule has 2 heterocycles. The van der Waals surface area contributed by atoms with Crippen LogP contribution in [0.15, 0.2) is 52.2 Å². The molecule has 0 aliphatic carbocycles. The molecule has 2 N–H and O–H groups in total. The first-order valence-corrected chi connectivity index (χ1v) is 16.7. The van der Waals surface area contributed by atoms with Gasteiger partial charge in [0.2, 0.25) is 0 Å². The third-order valence-electron chi connectivity index (χ3n) is 6.40. The van der Waals surface area contributed by atoms with E-state index in [0.29, 0.717) is 5.75 Å². The molecule has 0 saturated carbocycles. The lowest BCUT2D eigenvalue weighted by Crippen LogP contribution is -2.52. The summed E-state index contributed by atoms with van der Waals surface area (Å²) in [6.07, 6.45) is -3.05. The zero-order chi connectivity index (χ0) is 32.7. The van der Waals surface area contributed by atoms with Crippen LogP contribution < -0.4 is 20.9 Å². The van der Waals surface area contributed by atoms with Crippen molar-refractivity contribution in [2.24, 2.45) is 0 Å². The van der Waals surface area contributed by atoms with Gasteiger partial charge < -0.3 is 28.0 Å². The predicted octanol–water partition coefficient (Wildman–Crippen LogP) is 2.72. The molecular weight excluding hydrogens is 617 g/mol. The average Bonchev–Trinajstić information content (AvgIpc) is 3.22. The van der Waals surface area contributed by atoms with Gasteiger partial charge in [-0.15, -0.1) is 0 Å². The monoisotopic (exact) mass is 655 g/mol. The molecule has 0 amide bonds. The van der Waals surface area contributed by atoms with Crippen LogP contribution in [0.1, 0.15) is 60.6 Å². The van der Waals surface area contributed by atoms with Crippen LogP contribution in [0.3, 0.4) is 0 Å². The number of aromatic nitrogens is 2. The maximum absolute atomic E-state index is 12.8. The zero-order valence-corrected chi connectivity index (χ0v) is 27.1. The first-order valence-electron chi connectivity index (χ1n) is 14.1. The molecule has 44 heavy (non-hydrogen) atoms. The van der Waals surface area contributed by atoms with E-state index in [9.17, 15) is 24.0 Å². The van der Waals surface area contributed by atoms with Gasteiger partial charge in [-0.3, -0.25) is 28.7 Å². The maximum Gasteiger partial charge on any atom is 0.330 e. The summed E-state index contributed by atoms with van der Waals surface area (Å²) < 4.78 is 36.2. The summed E-state index contributed by atoms with van der Waals surface area (Å²) in [5.74, 6) is -1.53. The van der Waals surface area contributed by atoms with Crippen LogP contribution >= 0.6 is 6.64 Å². The Bertz CT molecular complexity index is 1480. The van der Waals surface area contributed by atoms with E-state index in [-0.39, 0.29) is 18.9 Å². The lowest BCUT2D eigenvalue weighted by Gasteiger charge is -2.34. The Balaban J connectivity index is 2.01. The molecule has 14 nitrogen and oxygen atoms in total. The van der Waals surface area contributed by atoms with E-state index in [4.69, 9.17) is 39.8 Å². The number of carbonyl (C=O) groups is 3. The zero-order valence-electron chi connectivity index (χ0n) is 25.3. The Morgan fingerprint density at radius 2 is 1.75 bits per heavy atom. The molecule has 0 spiro atoms. The normalized spacial score (nSPS) is 23.4. The van der Waals surface area contributed by atoms with Crippen molar-refractivity contribution in [2.45, 2.75) is 90.6 Å². The summed E-state index contributed by atoms with van der Waals surface area (Å²) >= 11 is 5.78. The second-order valence-electron chi connectivity index (χ2n) is 10.4. The standard InChI is InChI=1S/C28H38N3O11PS/c1-7-22(33)40-24-20(39-26(28(24,6)41-23(34)8-2)31-15-14-21(32)29-27(31)36)16-37-43(44,42-19-12-10-9-11-13-19)30-18(5)25(35)38-17(3)4/h9-15,17-18,20,24,26H,7-8,16H2,1-6H3,(H,30,44)(H,29,32,36)/t18?,20-,24-,26-,28-,43?/m1/s1. The Morgan fingerprint density at radius 1 is 1.09 bits per heavy atom. The largest absolute Gasteiger partial charge is 0.462 e. The van der Waals surface area contributed by atoms with Crippen LogP contribution in [0.5, 0.6) is 5.75 Å². The summed E-state index contributed by atoms with van der Waals surface area (Å²) in [6.45, 7) is 5.62. The fraction of sp³-hybridized carbons (Fsp3) is 0.536. The number of ether oxygens (including phenoxy) is 4. The predicted molar refractivity (Wildman–Crippen MR) is 161 cm³/mol. The summed E-state index contributed by atoms with van der Waals surface area (Å²) in [6, 6.07) is 8.70. The lowest BCUT2D eigenvalue weighted by atomic mass is 9.95. The maximum atomic E-state index is 12.8. The fourth-order valence-electron chi connectivity index (χ4n) is 4.31. The molecule has 1 aromatic carbocycles. The number of hydrogen-bond acceptors (Lipinski definition) is 12. The summed E-state index contributed by atoms with van der Waals surface area (Å²) in [4.78, 5) is 64.5. The highest BCUT2D eigenvalue weighted by molar-refractivity contribution is 8.09. The Kier molecular flexibility index (Phi) is 12.0. The molecule has 1 aromatic heterocycles. The van der Waals surface area contributed by atoms with Crippen molar-refractivity contribution in [3.8, 4) is 5.75 Å². The molecular formula is C28H38N3O11PS. The third kappa shape index (κ3) is 8.85. The van der Waals surface area contributed by atoms with Gasteiger partial charge in [-0.2, -0.15) is 0 Å². The van der Waals surface area contributed by atoms with Gasteiger partial charge in [-0.05, 0) is 51.6 Å². The van der Waals surface area contributed by atoms with Crippen LogP contribution in [0.4, 0.5) is 0 Å². The fourth-order valence-corrected chi connectivity index (χ4v) is 6.73. The number of nitrogens with one attached hydrogen (secondary N) is 2. The van der Waals surface area contributed by atoms with Crippen molar-refractivity contribution >= 4 is 36.4 Å². The van der Waals surface area contributed by atoms with E-state index in [1.165, 1.54) is 13.1 Å². The second-order valence-corrected chi connectivity index (χ2v) is 13.5. The number of carbonyl (C=O) groups excluding carboxylic acids is 3. The van der Waals surface area contributed by atoms with Gasteiger partial charge in [-0.1, -0.05) is 32.0 Å². The Labute approximate surface area is 259 Å². The summed E-state index contributed by atoms with van der Waals surface area (Å²) in [5, 5.41) is 2.92. The molecule has 2 aromatic rings. The molecule has 3 rings (SSSR count). The van der Waals surface area contributed by atoms with E-state index in [0.717, 1.165) is 10.6 Å². The number of hydrogen-bond donors (Lipinski definition) is 2. The van der Waals surface area contributed by atoms with Gasteiger partial charge in [-0.25, -0.2) is 9.88 Å². The van der Waals surface area contributed by atoms with Gasteiger partial charge in [0.05, 0.1) is 12.7 Å². The van der Waals surface area contributed by atoms with E-state index in [2.05, 4.69) is 10.1 Å². The Hall–Kier alpha value is -3.36. The number of H-pyrrole nitrogens is 1. The quantitative estimate of drug-likeness (QED) is 0.173. The highest BCUT2D eigenvalue weighted by Crippen LogP contribution is 2.48. The van der Waals surface area contributed by atoms with Gasteiger partial charge in [0.1, 0.15) is 17.9 Å². The summed E-state index contributed by atoms with van der Waals surface area (Å²) in [5.41, 5.74) is -3.25. The van der Waals surface area contributed by atoms with Gasteiger partial charge >= 0.3 is 30.2 Å². The average molecular weight is 656 g/mol. The van der Waals surface area contributed by atoms with Gasteiger partial charge in [0.25, 0.3) is 5.56 Å². The van der Waals surface area contributed by atoms with Crippen molar-refractivity contribution < 1.29 is 42.4 Å². The topological polar surface area (TPSA) is 173 Å². The van der Waals surface area contributed by atoms with E-state index in [1.54, 1.807) is 65.0 Å². The summed E-state index contributed by atoms with van der Waals surface area (Å²) in [7, 11) is 0. The van der Waals surface area contributed by atoms with Crippen LogP contribution in [-0.4, -0.2) is 64.0 Å². The van der Waals surface area contributed by atoms with Crippen LogP contribution in [-0.2, 0) is 49.7 Å². The highest BCUT2D eigenvalue weighted by atomic mass is 32.5. The number of para-hydroxylation sites is 1. The molecule has 6 atom stereocenters. The molecule has 1 aliphatic rings. The highest BCUT2D eigenvalue weighted by Gasteiger charge is 2.60. The lowest BCUT2D eigenvalue weighted by molar-refractivity contribution is -0.187. The SMILES string of the molecule is CCC(=O)O[C@@H]1[C@@H](COP(=S)(NC(C)C(=O)OC(C)C)Oc2ccccc2)O[C@@H](n2ccc(=O)[nH]c2=O)[C@]1(C)OC(=O)CC. The minimum Gasteiger partial charge on any atom is -0.462 e. The first-order chi connectivity index (χ1) is 20.7. The number of benzene rings is 1. The number of esters is 3. The van der Waals surface area contributed by atoms with Crippen molar-refractivity contribution in [1.29, 1.82) is 0 Å². The number of aromatic amines is 1. The molecule has 1 saturated heterocycles. The number of nitrogens with zero attached hydrogens (tertiary/aromatic N) is 1. The van der Waals surface area contributed by atoms with Crippen LogP contribution in [0, 0.1) is 0 Å². The number of rotatable bonds is 14. The molecule has 1 fully saturated rings. The molecule has 242 valence electrons. The smallest absolute Gasteiger partial charge is 0.330 e. The van der Waals surface area contributed by atoms with Crippen LogP contribution in [0.2, 0.25) is 0 Å². The molecule has 0 radical (unpaired) electrons. The third-order valence-corrected chi connectivity index (χ3v) is 8.90. The van der Waals surface area contributed by atoms with Crippen LogP contribution in [0.25, 0.3) is 0 Å². The van der Waals surface area contributed by atoms with Gasteiger partial charge in [0.15, 0.2) is 17.9 Å². The minimum atomic E-state index is -3.56. The van der Waals surface area contributed by atoms with Crippen molar-refractivity contribution in [3.63, 3.8) is 0 Å². The molecule has 0 bridgehead atoms. The second kappa shape index (κ2) is 15.1. The first kappa shape index (κ1) is 35.1. The Morgan fingerprint density at radius 3 is 2.34 bits per heavy atom. The molecule has 1 aliphatic heterocycles. The van der Waals surface area contributed by atoms with E-state index < -0.39 is 72.5 Å². The van der Waals surface area contributed by atoms with E-state index >= 15 is 0 Å². The molecule has 16 heteroatoms. The van der Waals surface area contributed by atoms with Gasteiger partial charge in [0, 0.05) is 25.1 Å². The van der Waals surface area contributed by atoms with E-state index in [1.807, 2.05) is 0 Å². The van der Waals surface area contributed by atoms with Crippen molar-refractivity contribution in [2.75, 3.05) is 6.61 Å². The van der Waals surface area contributed by atoms with Crippen molar-refractivity contribution in [3.05, 3.63) is 63.4 Å². The van der Waals surface area contributed by atoms with Crippen molar-refractivity contribution in [1.82, 2.24) is 14.6 Å². The molecule has 2 unspecified atom stereocenters. The minimum absolute atomic E-state index is 0.0166.